The second-order valence-electron chi connectivity index (χ2n) is 5.97. The van der Waals surface area contributed by atoms with Crippen molar-refractivity contribution in [3.05, 3.63) is 36.0 Å². The van der Waals surface area contributed by atoms with Gasteiger partial charge in [-0.25, -0.2) is 0 Å². The molecule has 1 N–H and O–H groups in total. The minimum Gasteiger partial charge on any atom is -0.382 e. The van der Waals surface area contributed by atoms with E-state index in [1.807, 2.05) is 30.5 Å². The molecular weight excluding hydrogens is 258 g/mol. The monoisotopic (exact) mass is 279 g/mol. The van der Waals surface area contributed by atoms with E-state index in [2.05, 4.69) is 23.3 Å². The van der Waals surface area contributed by atoms with Crippen LogP contribution >= 0.6 is 0 Å². The van der Waals surface area contributed by atoms with Gasteiger partial charge in [0, 0.05) is 23.3 Å². The second-order valence-corrected chi connectivity index (χ2v) is 5.97. The van der Waals surface area contributed by atoms with Crippen LogP contribution in [0.15, 0.2) is 30.5 Å². The molecule has 1 saturated carbocycles. The molecule has 3 heteroatoms. The summed E-state index contributed by atoms with van der Waals surface area (Å²) >= 11 is 0. The van der Waals surface area contributed by atoms with Crippen LogP contribution in [0.2, 0.25) is 0 Å². The van der Waals surface area contributed by atoms with Crippen LogP contribution in [0.5, 0.6) is 0 Å². The average molecular weight is 279 g/mol. The van der Waals surface area contributed by atoms with Gasteiger partial charge >= 0.3 is 0 Å². The van der Waals surface area contributed by atoms with Crippen molar-refractivity contribution in [2.24, 2.45) is 5.92 Å². The van der Waals surface area contributed by atoms with Gasteiger partial charge in [0.05, 0.1) is 17.1 Å². The SMILES string of the molecule is CCC1CCC(Nc2ccnc3ccc(C#N)cc23)CC1. The molecule has 3 rings (SSSR count). The Balaban J connectivity index is 1.82. The largest absolute Gasteiger partial charge is 0.382 e. The van der Waals surface area contributed by atoms with Crippen LogP contribution < -0.4 is 5.32 Å². The Bertz CT molecular complexity index is 664. The predicted octanol–water partition coefficient (Wildman–Crippen LogP) is 4.49. The highest BCUT2D eigenvalue weighted by Crippen LogP contribution is 2.30. The van der Waals surface area contributed by atoms with Crippen LogP contribution in [0, 0.1) is 17.2 Å². The Labute approximate surface area is 126 Å². The van der Waals surface area contributed by atoms with Crippen molar-refractivity contribution >= 4 is 16.6 Å². The lowest BCUT2D eigenvalue weighted by molar-refractivity contribution is 0.330. The van der Waals surface area contributed by atoms with Crippen molar-refractivity contribution in [3.8, 4) is 6.07 Å². The molecule has 1 aliphatic rings. The number of nitrogens with zero attached hydrogens (tertiary/aromatic N) is 2. The van der Waals surface area contributed by atoms with Gasteiger partial charge in [-0.15, -0.1) is 0 Å². The standard InChI is InChI=1S/C18H21N3/c1-2-13-3-6-15(7-4-13)21-18-9-10-20-17-8-5-14(12-19)11-16(17)18/h5,8-11,13,15H,2-4,6-7H2,1H3,(H,20,21). The molecule has 1 aromatic carbocycles. The third-order valence-corrected chi connectivity index (χ3v) is 4.65. The van der Waals surface area contributed by atoms with Crippen LogP contribution in [-0.2, 0) is 0 Å². The summed E-state index contributed by atoms with van der Waals surface area (Å²) in [6.45, 7) is 2.29. The molecule has 0 spiro atoms. The van der Waals surface area contributed by atoms with Crippen molar-refractivity contribution in [1.29, 1.82) is 5.26 Å². The number of aromatic nitrogens is 1. The number of hydrogen-bond donors (Lipinski definition) is 1. The summed E-state index contributed by atoms with van der Waals surface area (Å²) in [5.41, 5.74) is 2.74. The summed E-state index contributed by atoms with van der Waals surface area (Å²) in [5, 5.41) is 13.8. The molecule has 1 fully saturated rings. The summed E-state index contributed by atoms with van der Waals surface area (Å²) in [6.07, 6.45) is 8.26. The highest BCUT2D eigenvalue weighted by molar-refractivity contribution is 5.92. The third kappa shape index (κ3) is 3.00. The van der Waals surface area contributed by atoms with E-state index in [9.17, 15) is 0 Å². The van der Waals surface area contributed by atoms with E-state index in [1.54, 1.807) is 0 Å². The molecule has 3 nitrogen and oxygen atoms in total. The lowest BCUT2D eigenvalue weighted by Crippen LogP contribution is -2.26. The minimum atomic E-state index is 0.546. The lowest BCUT2D eigenvalue weighted by Gasteiger charge is -2.29. The molecule has 0 bridgehead atoms. The average Bonchev–Trinajstić information content (AvgIpc) is 2.55. The molecule has 2 aromatic rings. The maximum absolute atomic E-state index is 9.07. The Morgan fingerprint density at radius 2 is 2.05 bits per heavy atom. The van der Waals surface area contributed by atoms with E-state index >= 15 is 0 Å². The molecule has 1 aromatic heterocycles. The maximum atomic E-state index is 9.07. The normalized spacial score (nSPS) is 21.9. The quantitative estimate of drug-likeness (QED) is 0.900. The summed E-state index contributed by atoms with van der Waals surface area (Å²) < 4.78 is 0. The van der Waals surface area contributed by atoms with Crippen molar-refractivity contribution in [1.82, 2.24) is 4.98 Å². The third-order valence-electron chi connectivity index (χ3n) is 4.65. The van der Waals surface area contributed by atoms with E-state index in [0.29, 0.717) is 11.6 Å². The van der Waals surface area contributed by atoms with Crippen LogP contribution in [0.1, 0.15) is 44.6 Å². The molecule has 0 saturated heterocycles. The Morgan fingerprint density at radius 3 is 2.76 bits per heavy atom. The number of fused-ring (bicyclic) bond motifs is 1. The van der Waals surface area contributed by atoms with Crippen LogP contribution in [0.3, 0.4) is 0 Å². The van der Waals surface area contributed by atoms with E-state index < -0.39 is 0 Å². The van der Waals surface area contributed by atoms with Gasteiger partial charge in [-0.2, -0.15) is 5.26 Å². The van der Waals surface area contributed by atoms with Crippen LogP contribution in [-0.4, -0.2) is 11.0 Å². The number of pyridine rings is 1. The molecule has 108 valence electrons. The van der Waals surface area contributed by atoms with E-state index in [1.165, 1.54) is 32.1 Å². The van der Waals surface area contributed by atoms with Gasteiger partial charge in [0.25, 0.3) is 0 Å². The number of hydrogen-bond acceptors (Lipinski definition) is 3. The van der Waals surface area contributed by atoms with Crippen LogP contribution in [0.4, 0.5) is 5.69 Å². The second kappa shape index (κ2) is 6.13. The fraction of sp³-hybridized carbons (Fsp3) is 0.444. The van der Waals surface area contributed by atoms with Crippen LogP contribution in [0.25, 0.3) is 10.9 Å². The van der Waals surface area contributed by atoms with E-state index in [0.717, 1.165) is 22.5 Å². The zero-order chi connectivity index (χ0) is 14.7. The smallest absolute Gasteiger partial charge is 0.0991 e. The van der Waals surface area contributed by atoms with Gasteiger partial charge in [0.1, 0.15) is 0 Å². The molecule has 0 atom stereocenters. The zero-order valence-corrected chi connectivity index (χ0v) is 12.5. The van der Waals surface area contributed by atoms with Gasteiger partial charge in [0.2, 0.25) is 0 Å². The molecule has 0 unspecified atom stereocenters. The van der Waals surface area contributed by atoms with E-state index in [4.69, 9.17) is 5.26 Å². The van der Waals surface area contributed by atoms with Crippen molar-refractivity contribution in [2.75, 3.05) is 5.32 Å². The Morgan fingerprint density at radius 1 is 1.24 bits per heavy atom. The van der Waals surface area contributed by atoms with E-state index in [-0.39, 0.29) is 0 Å². The number of rotatable bonds is 3. The van der Waals surface area contributed by atoms with Gasteiger partial charge in [-0.05, 0) is 55.9 Å². The first kappa shape index (κ1) is 13.9. The summed E-state index contributed by atoms with van der Waals surface area (Å²) in [4.78, 5) is 4.39. The zero-order valence-electron chi connectivity index (χ0n) is 12.5. The van der Waals surface area contributed by atoms with Crippen molar-refractivity contribution in [2.45, 2.75) is 45.1 Å². The van der Waals surface area contributed by atoms with Crippen molar-refractivity contribution < 1.29 is 0 Å². The summed E-state index contributed by atoms with van der Waals surface area (Å²) in [7, 11) is 0. The first-order valence-corrected chi connectivity index (χ1v) is 7.85. The van der Waals surface area contributed by atoms with Gasteiger partial charge in [-0.3, -0.25) is 4.98 Å². The van der Waals surface area contributed by atoms with Gasteiger partial charge < -0.3 is 5.32 Å². The highest BCUT2D eigenvalue weighted by Gasteiger charge is 2.20. The Hall–Kier alpha value is -2.08. The number of benzene rings is 1. The van der Waals surface area contributed by atoms with Gasteiger partial charge in [-0.1, -0.05) is 13.3 Å². The van der Waals surface area contributed by atoms with Gasteiger partial charge in [0.15, 0.2) is 0 Å². The topological polar surface area (TPSA) is 48.7 Å². The minimum absolute atomic E-state index is 0.546. The fourth-order valence-electron chi connectivity index (χ4n) is 3.28. The maximum Gasteiger partial charge on any atom is 0.0991 e. The lowest BCUT2D eigenvalue weighted by atomic mass is 9.84. The van der Waals surface area contributed by atoms with Crippen molar-refractivity contribution in [3.63, 3.8) is 0 Å². The first-order valence-electron chi connectivity index (χ1n) is 7.85. The molecule has 0 amide bonds. The number of anilines is 1. The summed E-state index contributed by atoms with van der Waals surface area (Å²) in [5.74, 6) is 0.905. The fourth-order valence-corrected chi connectivity index (χ4v) is 3.28. The molecule has 1 heterocycles. The molecule has 1 aliphatic carbocycles. The molecular formula is C18H21N3. The highest BCUT2D eigenvalue weighted by atomic mass is 14.9. The molecule has 0 radical (unpaired) electrons. The number of nitriles is 1. The Kier molecular flexibility index (Phi) is 4.06. The number of nitrogens with one attached hydrogen (secondary N) is 1. The molecule has 0 aliphatic heterocycles. The first-order chi connectivity index (χ1) is 10.3. The predicted molar refractivity (Wildman–Crippen MR) is 86.1 cm³/mol. The molecule has 21 heavy (non-hydrogen) atoms. The summed E-state index contributed by atoms with van der Waals surface area (Å²) in [6, 6.07) is 10.5.